The number of pyridine rings is 2. The lowest BCUT2D eigenvalue weighted by Gasteiger charge is -2.02. The summed E-state index contributed by atoms with van der Waals surface area (Å²) in [7, 11) is 0. The fourth-order valence-corrected chi connectivity index (χ4v) is 3.70. The Labute approximate surface area is 169 Å². The molecule has 0 bridgehead atoms. The number of fused-ring (bicyclic) bond motifs is 2. The molecule has 5 aromatic heterocycles. The van der Waals surface area contributed by atoms with E-state index in [1.54, 1.807) is 30.9 Å². The average Bonchev–Trinajstić information content (AvgIpc) is 3.51. The Morgan fingerprint density at radius 3 is 2.73 bits per heavy atom. The zero-order valence-electron chi connectivity index (χ0n) is 15.5. The van der Waals surface area contributed by atoms with Crippen LogP contribution < -0.4 is 0 Å². The van der Waals surface area contributed by atoms with Gasteiger partial charge in [-0.15, -0.1) is 0 Å². The van der Waals surface area contributed by atoms with E-state index in [0.717, 1.165) is 50.0 Å². The molecule has 0 radical (unpaired) electrons. The molecule has 6 rings (SSSR count). The fraction of sp³-hybridized carbons (Fsp3) is 0. The molecule has 5 heterocycles. The van der Waals surface area contributed by atoms with Crippen molar-refractivity contribution in [2.75, 3.05) is 0 Å². The van der Waals surface area contributed by atoms with Crippen LogP contribution in [0, 0.1) is 5.82 Å². The zero-order valence-corrected chi connectivity index (χ0v) is 15.5. The van der Waals surface area contributed by atoms with Crippen molar-refractivity contribution in [2.45, 2.75) is 0 Å². The second-order valence-electron chi connectivity index (χ2n) is 6.99. The van der Waals surface area contributed by atoms with Crippen molar-refractivity contribution >= 4 is 21.9 Å². The minimum absolute atomic E-state index is 0.283. The number of benzene rings is 1. The second kappa shape index (κ2) is 6.35. The van der Waals surface area contributed by atoms with Crippen LogP contribution in [0.5, 0.6) is 0 Å². The van der Waals surface area contributed by atoms with E-state index >= 15 is 0 Å². The predicted molar refractivity (Wildman–Crippen MR) is 112 cm³/mol. The molecule has 7 nitrogen and oxygen atoms in total. The van der Waals surface area contributed by atoms with Crippen molar-refractivity contribution < 1.29 is 4.39 Å². The van der Waals surface area contributed by atoms with Crippen LogP contribution in [0.15, 0.2) is 67.3 Å². The summed E-state index contributed by atoms with van der Waals surface area (Å²) in [5, 5.41) is 15.2. The third-order valence-electron chi connectivity index (χ3n) is 5.14. The molecule has 0 atom stereocenters. The van der Waals surface area contributed by atoms with Gasteiger partial charge in [-0.25, -0.2) is 9.37 Å². The Morgan fingerprint density at radius 2 is 1.87 bits per heavy atom. The Hall–Kier alpha value is -4.33. The van der Waals surface area contributed by atoms with E-state index in [-0.39, 0.29) is 5.82 Å². The van der Waals surface area contributed by atoms with E-state index in [0.29, 0.717) is 5.69 Å². The monoisotopic (exact) mass is 395 g/mol. The van der Waals surface area contributed by atoms with E-state index in [9.17, 15) is 4.39 Å². The first-order chi connectivity index (χ1) is 14.8. The Kier molecular flexibility index (Phi) is 3.51. The van der Waals surface area contributed by atoms with Gasteiger partial charge in [0.05, 0.1) is 34.8 Å². The van der Waals surface area contributed by atoms with Crippen LogP contribution in [0.1, 0.15) is 0 Å². The van der Waals surface area contributed by atoms with Gasteiger partial charge in [0.2, 0.25) is 0 Å². The molecule has 0 aliphatic heterocycles. The van der Waals surface area contributed by atoms with Gasteiger partial charge in [0.15, 0.2) is 0 Å². The third kappa shape index (κ3) is 2.58. The number of nitrogens with one attached hydrogen (secondary N) is 3. The van der Waals surface area contributed by atoms with Gasteiger partial charge in [-0.1, -0.05) is 12.1 Å². The highest BCUT2D eigenvalue weighted by Crippen LogP contribution is 2.33. The van der Waals surface area contributed by atoms with E-state index in [1.165, 1.54) is 12.1 Å². The standard InChI is InChI=1S/C22H14FN7/c23-14-3-1-2-12(6-14)16-10-24-11-20-15(16)7-19(27-20)22-21-18(29-30-22)5-4-17(28-21)13-8-25-26-9-13/h1-11,27H,(H,25,26)(H,29,30). The molecule has 30 heavy (non-hydrogen) atoms. The Morgan fingerprint density at radius 1 is 0.900 bits per heavy atom. The van der Waals surface area contributed by atoms with Gasteiger partial charge in [-0.05, 0) is 35.9 Å². The summed E-state index contributed by atoms with van der Waals surface area (Å²) in [5.74, 6) is -0.283. The molecule has 0 unspecified atom stereocenters. The largest absolute Gasteiger partial charge is 0.352 e. The Bertz CT molecular complexity index is 1510. The minimum atomic E-state index is -0.283. The molecule has 0 saturated heterocycles. The van der Waals surface area contributed by atoms with Crippen molar-refractivity contribution in [1.82, 2.24) is 35.3 Å². The molecule has 144 valence electrons. The zero-order chi connectivity index (χ0) is 20.1. The minimum Gasteiger partial charge on any atom is -0.352 e. The normalized spacial score (nSPS) is 11.5. The average molecular weight is 395 g/mol. The van der Waals surface area contributed by atoms with Gasteiger partial charge in [-0.2, -0.15) is 10.2 Å². The van der Waals surface area contributed by atoms with Crippen LogP contribution in [-0.4, -0.2) is 35.3 Å². The number of aromatic amines is 3. The third-order valence-corrected chi connectivity index (χ3v) is 5.14. The van der Waals surface area contributed by atoms with E-state index < -0.39 is 0 Å². The number of hydrogen-bond acceptors (Lipinski definition) is 4. The van der Waals surface area contributed by atoms with E-state index in [2.05, 4.69) is 30.4 Å². The number of hydrogen-bond donors (Lipinski definition) is 3. The molecule has 0 amide bonds. The highest BCUT2D eigenvalue weighted by molar-refractivity contribution is 5.99. The molecular formula is C22H14FN7. The van der Waals surface area contributed by atoms with Gasteiger partial charge in [0.25, 0.3) is 0 Å². The summed E-state index contributed by atoms with van der Waals surface area (Å²) in [5.41, 5.74) is 7.26. The molecule has 0 spiro atoms. The smallest absolute Gasteiger partial charge is 0.135 e. The Balaban J connectivity index is 1.53. The number of H-pyrrole nitrogens is 3. The topological polar surface area (TPSA) is 98.9 Å². The lowest BCUT2D eigenvalue weighted by atomic mass is 10.0. The van der Waals surface area contributed by atoms with E-state index in [4.69, 9.17) is 4.98 Å². The molecule has 0 fully saturated rings. The first kappa shape index (κ1) is 16.6. The first-order valence-corrected chi connectivity index (χ1v) is 9.33. The van der Waals surface area contributed by atoms with Gasteiger partial charge in [0.1, 0.15) is 17.0 Å². The first-order valence-electron chi connectivity index (χ1n) is 9.33. The number of nitrogens with zero attached hydrogens (tertiary/aromatic N) is 4. The van der Waals surface area contributed by atoms with Gasteiger partial charge in [0, 0.05) is 28.9 Å². The summed E-state index contributed by atoms with van der Waals surface area (Å²) in [6, 6.07) is 12.4. The number of halogens is 1. The van der Waals surface area contributed by atoms with Crippen molar-refractivity contribution in [3.63, 3.8) is 0 Å². The lowest BCUT2D eigenvalue weighted by molar-refractivity contribution is 0.628. The van der Waals surface area contributed by atoms with Crippen LogP contribution in [0.3, 0.4) is 0 Å². The van der Waals surface area contributed by atoms with Crippen LogP contribution in [-0.2, 0) is 0 Å². The SMILES string of the molecule is Fc1cccc(-c2cncc3[nH]c(-c4n[nH]c5ccc(-c6cn[nH]c6)nc45)cc23)c1. The van der Waals surface area contributed by atoms with Crippen molar-refractivity contribution in [3.8, 4) is 33.8 Å². The maximum atomic E-state index is 13.8. The molecule has 1 aromatic carbocycles. The number of aromatic nitrogens is 7. The second-order valence-corrected chi connectivity index (χ2v) is 6.99. The molecule has 3 N–H and O–H groups in total. The van der Waals surface area contributed by atoms with E-state index in [1.807, 2.05) is 24.3 Å². The summed E-state index contributed by atoms with van der Waals surface area (Å²) >= 11 is 0. The maximum Gasteiger partial charge on any atom is 0.135 e. The molecule has 8 heteroatoms. The fourth-order valence-electron chi connectivity index (χ4n) is 3.70. The van der Waals surface area contributed by atoms with Crippen molar-refractivity contribution in [1.29, 1.82) is 0 Å². The summed E-state index contributed by atoms with van der Waals surface area (Å²) in [6.07, 6.45) is 7.02. The molecule has 0 aliphatic carbocycles. The van der Waals surface area contributed by atoms with Crippen LogP contribution >= 0.6 is 0 Å². The summed E-state index contributed by atoms with van der Waals surface area (Å²) < 4.78 is 13.8. The molecular weight excluding hydrogens is 381 g/mol. The van der Waals surface area contributed by atoms with Gasteiger partial charge in [-0.3, -0.25) is 15.2 Å². The molecule has 0 saturated carbocycles. The van der Waals surface area contributed by atoms with Crippen LogP contribution in [0.4, 0.5) is 4.39 Å². The van der Waals surface area contributed by atoms with Crippen molar-refractivity contribution in [3.05, 3.63) is 73.1 Å². The predicted octanol–water partition coefficient (Wildman–Crippen LogP) is 4.70. The molecule has 6 aromatic rings. The lowest BCUT2D eigenvalue weighted by Crippen LogP contribution is -1.84. The van der Waals surface area contributed by atoms with Gasteiger partial charge < -0.3 is 4.98 Å². The quantitative estimate of drug-likeness (QED) is 0.404. The van der Waals surface area contributed by atoms with Crippen LogP contribution in [0.25, 0.3) is 55.7 Å². The highest BCUT2D eigenvalue weighted by atomic mass is 19.1. The van der Waals surface area contributed by atoms with Crippen LogP contribution in [0.2, 0.25) is 0 Å². The van der Waals surface area contributed by atoms with Gasteiger partial charge >= 0.3 is 0 Å². The number of rotatable bonds is 3. The highest BCUT2D eigenvalue weighted by Gasteiger charge is 2.16. The molecule has 0 aliphatic rings. The maximum absolute atomic E-state index is 13.8. The summed E-state index contributed by atoms with van der Waals surface area (Å²) in [4.78, 5) is 12.5. The van der Waals surface area contributed by atoms with Crippen molar-refractivity contribution in [2.24, 2.45) is 0 Å². The summed E-state index contributed by atoms with van der Waals surface area (Å²) in [6.45, 7) is 0.